The zero-order valence-electron chi connectivity index (χ0n) is 10.6. The third-order valence-electron chi connectivity index (χ3n) is 2.59. The first-order valence-corrected chi connectivity index (χ1v) is 5.90. The highest BCUT2D eigenvalue weighted by atomic mass is 16.5. The molecule has 0 atom stereocenters. The van der Waals surface area contributed by atoms with Crippen molar-refractivity contribution in [2.45, 2.75) is 12.8 Å². The topological polar surface area (TPSA) is 60.2 Å². The normalized spacial score (nSPS) is 10.6. The van der Waals surface area contributed by atoms with E-state index >= 15 is 0 Å². The SMILES string of the molecule is CNCCc1nnc(Cc2cccc(OC)c2)o1. The van der Waals surface area contributed by atoms with Crippen LogP contribution >= 0.6 is 0 Å². The summed E-state index contributed by atoms with van der Waals surface area (Å²) in [6.45, 7) is 0.834. The Kier molecular flexibility index (Phi) is 4.30. The third kappa shape index (κ3) is 3.30. The number of nitrogens with zero attached hydrogens (tertiary/aromatic N) is 2. The zero-order chi connectivity index (χ0) is 12.8. The average molecular weight is 247 g/mol. The van der Waals surface area contributed by atoms with Crippen LogP contribution in [-0.2, 0) is 12.8 Å². The van der Waals surface area contributed by atoms with Gasteiger partial charge in [0, 0.05) is 13.0 Å². The number of hydrogen-bond donors (Lipinski definition) is 1. The maximum absolute atomic E-state index is 5.56. The molecule has 0 aliphatic heterocycles. The van der Waals surface area contributed by atoms with Crippen molar-refractivity contribution >= 4 is 0 Å². The Morgan fingerprint density at radius 3 is 2.89 bits per heavy atom. The van der Waals surface area contributed by atoms with Crippen molar-refractivity contribution in [1.82, 2.24) is 15.5 Å². The Labute approximate surface area is 106 Å². The molecule has 5 nitrogen and oxygen atoms in total. The van der Waals surface area contributed by atoms with E-state index in [0.29, 0.717) is 18.2 Å². The molecule has 0 radical (unpaired) electrons. The summed E-state index contributed by atoms with van der Waals surface area (Å²) in [4.78, 5) is 0. The Morgan fingerprint density at radius 2 is 2.11 bits per heavy atom. The molecule has 1 heterocycles. The van der Waals surface area contributed by atoms with E-state index < -0.39 is 0 Å². The molecule has 0 amide bonds. The summed E-state index contributed by atoms with van der Waals surface area (Å²) >= 11 is 0. The van der Waals surface area contributed by atoms with Gasteiger partial charge in [-0.05, 0) is 24.7 Å². The number of benzene rings is 1. The van der Waals surface area contributed by atoms with E-state index in [9.17, 15) is 0 Å². The van der Waals surface area contributed by atoms with Gasteiger partial charge in [-0.1, -0.05) is 12.1 Å². The summed E-state index contributed by atoms with van der Waals surface area (Å²) in [5, 5.41) is 11.1. The summed E-state index contributed by atoms with van der Waals surface area (Å²) in [7, 11) is 3.55. The van der Waals surface area contributed by atoms with Crippen molar-refractivity contribution in [3.63, 3.8) is 0 Å². The highest BCUT2D eigenvalue weighted by molar-refractivity contribution is 5.29. The Hall–Kier alpha value is -1.88. The minimum Gasteiger partial charge on any atom is -0.497 e. The first-order valence-electron chi connectivity index (χ1n) is 5.90. The Morgan fingerprint density at radius 1 is 1.28 bits per heavy atom. The molecule has 0 aliphatic rings. The van der Waals surface area contributed by atoms with Gasteiger partial charge in [0.2, 0.25) is 11.8 Å². The van der Waals surface area contributed by atoms with Crippen molar-refractivity contribution in [2.24, 2.45) is 0 Å². The van der Waals surface area contributed by atoms with Gasteiger partial charge in [0.05, 0.1) is 13.5 Å². The molecule has 0 bridgehead atoms. The van der Waals surface area contributed by atoms with Crippen molar-refractivity contribution in [3.8, 4) is 5.75 Å². The predicted octanol–water partition coefficient (Wildman–Crippen LogP) is 1.43. The minimum absolute atomic E-state index is 0.629. The number of hydrogen-bond acceptors (Lipinski definition) is 5. The molecule has 2 rings (SSSR count). The maximum atomic E-state index is 5.56. The van der Waals surface area contributed by atoms with Gasteiger partial charge in [-0.25, -0.2) is 0 Å². The zero-order valence-corrected chi connectivity index (χ0v) is 10.6. The summed E-state index contributed by atoms with van der Waals surface area (Å²) in [5.74, 6) is 2.14. The second-order valence-electron chi connectivity index (χ2n) is 3.97. The standard InChI is InChI=1S/C13H17N3O2/c1-14-7-6-12-15-16-13(18-12)9-10-4-3-5-11(8-10)17-2/h3-5,8,14H,6-7,9H2,1-2H3. The fourth-order valence-electron chi connectivity index (χ4n) is 1.65. The van der Waals surface area contributed by atoms with Crippen LogP contribution in [0.4, 0.5) is 0 Å². The Bertz CT molecular complexity index is 496. The van der Waals surface area contributed by atoms with Crippen molar-refractivity contribution in [2.75, 3.05) is 20.7 Å². The van der Waals surface area contributed by atoms with Gasteiger partial charge in [-0.3, -0.25) is 0 Å². The number of aromatic nitrogens is 2. The molecular formula is C13H17N3O2. The van der Waals surface area contributed by atoms with Gasteiger partial charge in [-0.2, -0.15) is 0 Å². The molecule has 1 N–H and O–H groups in total. The molecule has 0 saturated carbocycles. The number of likely N-dealkylation sites (N-methyl/N-ethyl adjacent to an activating group) is 1. The van der Waals surface area contributed by atoms with Crippen LogP contribution in [0, 0.1) is 0 Å². The monoisotopic (exact) mass is 247 g/mol. The van der Waals surface area contributed by atoms with E-state index in [-0.39, 0.29) is 0 Å². The van der Waals surface area contributed by atoms with E-state index in [1.165, 1.54) is 0 Å². The van der Waals surface area contributed by atoms with Gasteiger partial charge in [0.25, 0.3) is 0 Å². The van der Waals surface area contributed by atoms with Gasteiger partial charge in [0.15, 0.2) is 0 Å². The lowest BCUT2D eigenvalue weighted by atomic mass is 10.1. The lowest BCUT2D eigenvalue weighted by molar-refractivity contribution is 0.414. The summed E-state index contributed by atoms with van der Waals surface area (Å²) in [5.41, 5.74) is 1.10. The van der Waals surface area contributed by atoms with Crippen LogP contribution in [0.5, 0.6) is 5.75 Å². The fraction of sp³-hybridized carbons (Fsp3) is 0.385. The maximum Gasteiger partial charge on any atom is 0.220 e. The number of ether oxygens (including phenoxy) is 1. The van der Waals surface area contributed by atoms with Gasteiger partial charge in [-0.15, -0.1) is 10.2 Å². The van der Waals surface area contributed by atoms with Crippen LogP contribution in [0.15, 0.2) is 28.7 Å². The number of rotatable bonds is 6. The first kappa shape index (κ1) is 12.6. The molecule has 0 saturated heterocycles. The second-order valence-corrected chi connectivity index (χ2v) is 3.97. The molecule has 96 valence electrons. The smallest absolute Gasteiger partial charge is 0.220 e. The van der Waals surface area contributed by atoms with Gasteiger partial charge < -0.3 is 14.5 Å². The van der Waals surface area contributed by atoms with E-state index in [2.05, 4.69) is 15.5 Å². The summed E-state index contributed by atoms with van der Waals surface area (Å²) in [6.07, 6.45) is 1.38. The molecular weight excluding hydrogens is 230 g/mol. The summed E-state index contributed by atoms with van der Waals surface area (Å²) in [6, 6.07) is 7.85. The lowest BCUT2D eigenvalue weighted by Gasteiger charge is -2.01. The van der Waals surface area contributed by atoms with Gasteiger partial charge >= 0.3 is 0 Å². The van der Waals surface area contributed by atoms with Crippen molar-refractivity contribution < 1.29 is 9.15 Å². The van der Waals surface area contributed by atoms with Crippen LogP contribution in [0.25, 0.3) is 0 Å². The highest BCUT2D eigenvalue weighted by Crippen LogP contribution is 2.15. The number of methoxy groups -OCH3 is 1. The molecule has 18 heavy (non-hydrogen) atoms. The summed E-state index contributed by atoms with van der Waals surface area (Å²) < 4.78 is 10.7. The quantitative estimate of drug-likeness (QED) is 0.836. The molecule has 0 aliphatic carbocycles. The molecule has 5 heteroatoms. The fourth-order valence-corrected chi connectivity index (χ4v) is 1.65. The van der Waals surface area contributed by atoms with Crippen LogP contribution in [0.1, 0.15) is 17.3 Å². The van der Waals surface area contributed by atoms with Crippen LogP contribution in [0.3, 0.4) is 0 Å². The lowest BCUT2D eigenvalue weighted by Crippen LogP contribution is -2.10. The van der Waals surface area contributed by atoms with Gasteiger partial charge in [0.1, 0.15) is 5.75 Å². The van der Waals surface area contributed by atoms with Crippen LogP contribution in [-0.4, -0.2) is 30.9 Å². The largest absolute Gasteiger partial charge is 0.497 e. The minimum atomic E-state index is 0.629. The van der Waals surface area contributed by atoms with Crippen LogP contribution < -0.4 is 10.1 Å². The Balaban J connectivity index is 2.01. The van der Waals surface area contributed by atoms with E-state index in [1.54, 1.807) is 7.11 Å². The molecule has 1 aromatic carbocycles. The molecule has 1 aromatic heterocycles. The second kappa shape index (κ2) is 6.16. The molecule has 0 fully saturated rings. The van der Waals surface area contributed by atoms with Crippen LogP contribution in [0.2, 0.25) is 0 Å². The molecule has 2 aromatic rings. The van der Waals surface area contributed by atoms with Crippen molar-refractivity contribution in [3.05, 3.63) is 41.6 Å². The van der Waals surface area contributed by atoms with E-state index in [0.717, 1.165) is 24.3 Å². The average Bonchev–Trinajstić information content (AvgIpc) is 2.84. The van der Waals surface area contributed by atoms with E-state index in [1.807, 2.05) is 31.3 Å². The van der Waals surface area contributed by atoms with Crippen molar-refractivity contribution in [1.29, 1.82) is 0 Å². The number of nitrogens with one attached hydrogen (secondary N) is 1. The third-order valence-corrected chi connectivity index (χ3v) is 2.59. The highest BCUT2D eigenvalue weighted by Gasteiger charge is 2.07. The predicted molar refractivity (Wildman–Crippen MR) is 67.7 cm³/mol. The molecule has 0 unspecified atom stereocenters. The molecule has 0 spiro atoms. The van der Waals surface area contributed by atoms with E-state index in [4.69, 9.17) is 9.15 Å². The first-order chi connectivity index (χ1) is 8.81.